The van der Waals surface area contributed by atoms with Crippen LogP contribution in [0.3, 0.4) is 0 Å². The van der Waals surface area contributed by atoms with Crippen molar-refractivity contribution in [2.45, 2.75) is 24.7 Å². The average Bonchev–Trinajstić information content (AvgIpc) is 2.30. The second kappa shape index (κ2) is 7.02. The quantitative estimate of drug-likeness (QED) is 0.714. The van der Waals surface area contributed by atoms with Gasteiger partial charge in [0.25, 0.3) is 0 Å². The molecule has 0 N–H and O–H groups in total. The molecule has 0 amide bonds. The highest BCUT2D eigenvalue weighted by Gasteiger charge is 2.03. The van der Waals surface area contributed by atoms with E-state index in [4.69, 9.17) is 10.00 Å². The highest BCUT2D eigenvalue weighted by Crippen LogP contribution is 2.15. The lowest BCUT2D eigenvalue weighted by atomic mass is 10.3. The first-order chi connectivity index (χ1) is 7.77. The van der Waals surface area contributed by atoms with Crippen molar-refractivity contribution in [3.8, 4) is 11.8 Å². The first-order valence-electron chi connectivity index (χ1n) is 5.26. The van der Waals surface area contributed by atoms with Crippen molar-refractivity contribution in [1.82, 2.24) is 0 Å². The van der Waals surface area contributed by atoms with E-state index in [2.05, 4.69) is 0 Å². The van der Waals surface area contributed by atoms with E-state index in [0.717, 1.165) is 10.6 Å². The fraction of sp³-hybridized carbons (Fsp3) is 0.417. The van der Waals surface area contributed by atoms with Gasteiger partial charge in [0.2, 0.25) is 0 Å². The third-order valence-electron chi connectivity index (χ3n) is 2.02. The molecule has 86 valence electrons. The van der Waals surface area contributed by atoms with Crippen LogP contribution in [-0.4, -0.2) is 16.6 Å². The zero-order valence-electron chi connectivity index (χ0n) is 9.31. The molecule has 0 saturated heterocycles. The van der Waals surface area contributed by atoms with E-state index in [1.54, 1.807) is 0 Å². The third-order valence-corrected chi connectivity index (χ3v) is 3.47. The van der Waals surface area contributed by atoms with Crippen molar-refractivity contribution in [2.24, 2.45) is 0 Å². The summed E-state index contributed by atoms with van der Waals surface area (Å²) in [6.45, 7) is 2.55. The van der Waals surface area contributed by atoms with Crippen molar-refractivity contribution >= 4 is 10.8 Å². The van der Waals surface area contributed by atoms with Crippen LogP contribution in [0.2, 0.25) is 0 Å². The summed E-state index contributed by atoms with van der Waals surface area (Å²) < 4.78 is 17.0. The number of ether oxygens (including phenoxy) is 1. The van der Waals surface area contributed by atoms with Crippen LogP contribution in [0.1, 0.15) is 19.8 Å². The first kappa shape index (κ1) is 12.7. The SMILES string of the molecule is CCOc1ccc([S@@](=O)CCCC#N)cc1. The van der Waals surface area contributed by atoms with E-state index >= 15 is 0 Å². The summed E-state index contributed by atoms with van der Waals surface area (Å²) in [6, 6.07) is 9.31. The summed E-state index contributed by atoms with van der Waals surface area (Å²) in [5, 5.41) is 8.38. The summed E-state index contributed by atoms with van der Waals surface area (Å²) in [5.74, 6) is 1.34. The lowest BCUT2D eigenvalue weighted by Gasteiger charge is -2.04. The Labute approximate surface area is 98.5 Å². The molecule has 1 aromatic carbocycles. The summed E-state index contributed by atoms with van der Waals surface area (Å²) in [5.41, 5.74) is 0. The van der Waals surface area contributed by atoms with Crippen LogP contribution in [0.15, 0.2) is 29.2 Å². The lowest BCUT2D eigenvalue weighted by molar-refractivity contribution is 0.340. The van der Waals surface area contributed by atoms with Crippen LogP contribution >= 0.6 is 0 Å². The molecule has 0 aromatic heterocycles. The van der Waals surface area contributed by atoms with Crippen LogP contribution in [-0.2, 0) is 10.8 Å². The molecule has 16 heavy (non-hydrogen) atoms. The molecule has 0 saturated carbocycles. The predicted octanol–water partition coefficient (Wildman–Crippen LogP) is 2.50. The Balaban J connectivity index is 2.53. The summed E-state index contributed by atoms with van der Waals surface area (Å²) in [6.07, 6.45) is 1.14. The Hall–Kier alpha value is -1.34. The van der Waals surface area contributed by atoms with Crippen molar-refractivity contribution in [3.05, 3.63) is 24.3 Å². The first-order valence-corrected chi connectivity index (χ1v) is 6.58. The molecule has 0 heterocycles. The maximum atomic E-state index is 11.7. The van der Waals surface area contributed by atoms with Gasteiger partial charge in [-0.3, -0.25) is 4.21 Å². The van der Waals surface area contributed by atoms with Crippen LogP contribution in [0, 0.1) is 11.3 Å². The number of unbranched alkanes of at least 4 members (excludes halogenated alkanes) is 1. The van der Waals surface area contributed by atoms with Gasteiger partial charge >= 0.3 is 0 Å². The molecule has 0 spiro atoms. The zero-order chi connectivity index (χ0) is 11.8. The standard InChI is InChI=1S/C12H15NO2S/c1-2-15-11-5-7-12(8-6-11)16(14)10-4-3-9-13/h5-8H,2-4,10H2,1H3/t16-/m0/s1. The largest absolute Gasteiger partial charge is 0.494 e. The van der Waals surface area contributed by atoms with Crippen molar-refractivity contribution in [2.75, 3.05) is 12.4 Å². The van der Waals surface area contributed by atoms with Gasteiger partial charge in [-0.2, -0.15) is 5.26 Å². The fourth-order valence-electron chi connectivity index (χ4n) is 1.25. The minimum absolute atomic E-state index is 0.461. The molecular formula is C12H15NO2S. The molecule has 3 nitrogen and oxygen atoms in total. The summed E-state index contributed by atoms with van der Waals surface area (Å²) >= 11 is 0. The molecule has 1 atom stereocenters. The topological polar surface area (TPSA) is 50.1 Å². The maximum absolute atomic E-state index is 11.7. The number of hydrogen-bond donors (Lipinski definition) is 0. The highest BCUT2D eigenvalue weighted by atomic mass is 32.2. The van der Waals surface area contributed by atoms with E-state index in [1.807, 2.05) is 37.3 Å². The summed E-state index contributed by atoms with van der Waals surface area (Å²) in [7, 11) is -1.00. The second-order valence-corrected chi connectivity index (χ2v) is 4.79. The lowest BCUT2D eigenvalue weighted by Crippen LogP contribution is -1.98. The van der Waals surface area contributed by atoms with Gasteiger partial charge in [0.15, 0.2) is 0 Å². The van der Waals surface area contributed by atoms with E-state index in [1.165, 1.54) is 0 Å². The summed E-state index contributed by atoms with van der Waals surface area (Å²) in [4.78, 5) is 0.793. The number of benzene rings is 1. The monoisotopic (exact) mass is 237 g/mol. The molecule has 0 aliphatic heterocycles. The Bertz CT molecular complexity index is 381. The normalized spacial score (nSPS) is 11.8. The van der Waals surface area contributed by atoms with Crippen LogP contribution in [0.25, 0.3) is 0 Å². The van der Waals surface area contributed by atoms with Gasteiger partial charge in [0.05, 0.1) is 23.5 Å². The Kier molecular flexibility index (Phi) is 5.58. The Morgan fingerprint density at radius 2 is 2.06 bits per heavy atom. The van der Waals surface area contributed by atoms with Gasteiger partial charge in [0, 0.05) is 17.1 Å². The molecule has 1 rings (SSSR count). The van der Waals surface area contributed by atoms with E-state index < -0.39 is 10.8 Å². The van der Waals surface area contributed by atoms with Crippen molar-refractivity contribution in [1.29, 1.82) is 5.26 Å². The van der Waals surface area contributed by atoms with Gasteiger partial charge in [-0.05, 0) is 37.6 Å². The Morgan fingerprint density at radius 1 is 1.38 bits per heavy atom. The van der Waals surface area contributed by atoms with Gasteiger partial charge in [-0.1, -0.05) is 0 Å². The molecule has 1 aromatic rings. The highest BCUT2D eigenvalue weighted by molar-refractivity contribution is 7.85. The van der Waals surface area contributed by atoms with E-state index in [0.29, 0.717) is 25.2 Å². The molecular weight excluding hydrogens is 222 g/mol. The minimum Gasteiger partial charge on any atom is -0.494 e. The average molecular weight is 237 g/mol. The smallest absolute Gasteiger partial charge is 0.119 e. The van der Waals surface area contributed by atoms with Crippen LogP contribution < -0.4 is 4.74 Å². The van der Waals surface area contributed by atoms with E-state index in [9.17, 15) is 4.21 Å². The van der Waals surface area contributed by atoms with Crippen molar-refractivity contribution in [3.63, 3.8) is 0 Å². The number of nitrogens with zero attached hydrogens (tertiary/aromatic N) is 1. The Morgan fingerprint density at radius 3 is 2.62 bits per heavy atom. The van der Waals surface area contributed by atoms with Gasteiger partial charge in [-0.25, -0.2) is 0 Å². The molecule has 0 aliphatic carbocycles. The number of hydrogen-bond acceptors (Lipinski definition) is 3. The van der Waals surface area contributed by atoms with Gasteiger partial charge in [0.1, 0.15) is 5.75 Å². The second-order valence-electron chi connectivity index (χ2n) is 3.22. The minimum atomic E-state index is -1.00. The molecule has 0 fully saturated rings. The third kappa shape index (κ3) is 4.03. The van der Waals surface area contributed by atoms with Crippen molar-refractivity contribution < 1.29 is 8.95 Å². The number of nitriles is 1. The van der Waals surface area contributed by atoms with Gasteiger partial charge < -0.3 is 4.74 Å². The maximum Gasteiger partial charge on any atom is 0.119 e. The molecule has 4 heteroatoms. The molecule has 0 bridgehead atoms. The van der Waals surface area contributed by atoms with Crippen LogP contribution in [0.4, 0.5) is 0 Å². The fourth-order valence-corrected chi connectivity index (χ4v) is 2.34. The predicted molar refractivity (Wildman–Crippen MR) is 63.7 cm³/mol. The number of rotatable bonds is 6. The van der Waals surface area contributed by atoms with Gasteiger partial charge in [-0.15, -0.1) is 0 Å². The molecule has 0 aliphatic rings. The zero-order valence-corrected chi connectivity index (χ0v) is 10.1. The molecule has 0 unspecified atom stereocenters. The van der Waals surface area contributed by atoms with Crippen LogP contribution in [0.5, 0.6) is 5.75 Å². The molecule has 0 radical (unpaired) electrons. The van der Waals surface area contributed by atoms with E-state index in [-0.39, 0.29) is 0 Å².